The molecule has 0 unspecified atom stereocenters. The van der Waals surface area contributed by atoms with Crippen LogP contribution in [0.5, 0.6) is 0 Å². The number of aryl methyl sites for hydroxylation is 2. The quantitative estimate of drug-likeness (QED) is 0.0947. The van der Waals surface area contributed by atoms with Gasteiger partial charge in [-0.25, -0.2) is 0 Å². The van der Waals surface area contributed by atoms with Crippen molar-refractivity contribution in [2.75, 3.05) is 0 Å². The average Bonchev–Trinajstić information content (AvgIpc) is 3.51. The van der Waals surface area contributed by atoms with Gasteiger partial charge < -0.3 is 13.6 Å². The van der Waals surface area contributed by atoms with Gasteiger partial charge in [-0.05, 0) is 70.8 Å². The Balaban J connectivity index is 0.000000223. The third-order valence-electron chi connectivity index (χ3n) is 10.5. The van der Waals surface area contributed by atoms with E-state index in [1.54, 1.807) is 0 Å². The van der Waals surface area contributed by atoms with Gasteiger partial charge in [0, 0.05) is 45.0 Å². The number of hydrogen-bond acceptors (Lipinski definition) is 2. The number of rotatable bonds is 6. The molecule has 0 aliphatic rings. The first-order valence-electron chi connectivity index (χ1n) is 19.0. The summed E-state index contributed by atoms with van der Waals surface area (Å²) in [5.41, 5.74) is 15.8. The van der Waals surface area contributed by atoms with Crippen LogP contribution in [0.1, 0.15) is 78.5 Å². The molecule has 0 aliphatic heterocycles. The van der Waals surface area contributed by atoms with Gasteiger partial charge in [0.15, 0.2) is 0 Å². The van der Waals surface area contributed by atoms with Crippen molar-refractivity contribution in [3.05, 3.63) is 164 Å². The van der Waals surface area contributed by atoms with Crippen LogP contribution in [0.25, 0.3) is 55.6 Å². The summed E-state index contributed by atoms with van der Waals surface area (Å²) in [6.45, 7) is 28.7. The van der Waals surface area contributed by atoms with Gasteiger partial charge in [-0.15, -0.1) is 23.8 Å². The number of hydrogen-bond donors (Lipinski definition) is 0. The maximum Gasteiger partial charge on any atom is 0.136 e. The van der Waals surface area contributed by atoms with E-state index in [0.717, 1.165) is 61.1 Å². The molecule has 289 valence electrons. The molecule has 7 rings (SSSR count). The first-order valence-corrected chi connectivity index (χ1v) is 22.5. The fraction of sp³-hybridized carbons (Fsp3) is 0.220. The van der Waals surface area contributed by atoms with Crippen LogP contribution < -0.4 is 14.3 Å². The van der Waals surface area contributed by atoms with Crippen molar-refractivity contribution >= 4 is 35.2 Å². The zero-order chi connectivity index (χ0) is 39.9. The van der Waals surface area contributed by atoms with Gasteiger partial charge in [-0.3, -0.25) is 0 Å². The first-order chi connectivity index (χ1) is 26.0. The van der Waals surface area contributed by atoms with Crippen LogP contribution in [0.3, 0.4) is 0 Å². The summed E-state index contributed by atoms with van der Waals surface area (Å²) in [6, 6.07) is 31.4. The molecule has 3 aromatic heterocycles. The smallest absolute Gasteiger partial charge is 0.136 e. The third-order valence-corrected chi connectivity index (χ3v) is 12.6. The topological polar surface area (TPSA) is 44.7 Å². The number of fused-ring (bicyclic) bond motifs is 3. The molecule has 7 aromatic rings. The van der Waals surface area contributed by atoms with Crippen LogP contribution in [-0.4, -0.2) is 8.07 Å². The minimum atomic E-state index is -1.44. The molecular formula is C50H53IrN3OSi-2. The molecule has 0 bridgehead atoms. The van der Waals surface area contributed by atoms with Crippen LogP contribution >= 0.6 is 0 Å². The maximum absolute atomic E-state index is 9.03. The predicted octanol–water partition coefficient (Wildman–Crippen LogP) is 11.8. The van der Waals surface area contributed by atoms with Gasteiger partial charge in [0.2, 0.25) is 0 Å². The van der Waals surface area contributed by atoms with Gasteiger partial charge in [-0.1, -0.05) is 113 Å². The molecule has 0 aliphatic carbocycles. The van der Waals surface area contributed by atoms with E-state index in [2.05, 4.69) is 168 Å². The molecule has 0 fully saturated rings. The second-order valence-electron chi connectivity index (χ2n) is 16.4. The standard InChI is InChI=1S/C30H28NO.C20H25N2Si.Ir/c1-18(2)25-16-27(31(6)17-21(25)5)28-19(3)12-13-24-26-15-23(22-10-8-7-9-11-22)14-20(4)29(26)32-30(24)28;1-14(2)18-11-19(22(4)13-20(18)23(5,6)7)17-9-8-16(12-21)10-15(17)3;/h7-18H,3,6H2,1-2,4-5H3;8-11,13-14H,3-4H2,1-2,5-7H3;/q2*-1;. The monoisotopic (exact) mass is 932 g/mol. The van der Waals surface area contributed by atoms with E-state index in [1.807, 2.05) is 33.4 Å². The summed E-state index contributed by atoms with van der Waals surface area (Å²) < 4.78 is 10.4. The summed E-state index contributed by atoms with van der Waals surface area (Å²) in [6.07, 6.45) is 4.29. The van der Waals surface area contributed by atoms with Gasteiger partial charge >= 0.3 is 0 Å². The molecule has 56 heavy (non-hydrogen) atoms. The molecule has 3 heterocycles. The second kappa shape index (κ2) is 16.5. The summed E-state index contributed by atoms with van der Waals surface area (Å²) in [5, 5.41) is 12.7. The van der Waals surface area contributed by atoms with Crippen LogP contribution in [0.2, 0.25) is 19.6 Å². The molecule has 0 saturated heterocycles. The second-order valence-corrected chi connectivity index (χ2v) is 21.5. The van der Waals surface area contributed by atoms with E-state index >= 15 is 0 Å². The van der Waals surface area contributed by atoms with E-state index in [4.69, 9.17) is 9.68 Å². The van der Waals surface area contributed by atoms with E-state index in [-0.39, 0.29) is 20.1 Å². The Labute approximate surface area is 349 Å². The Kier molecular flexibility index (Phi) is 12.4. The van der Waals surface area contributed by atoms with Crippen molar-refractivity contribution < 1.29 is 33.7 Å². The minimum absolute atomic E-state index is 0. The fourth-order valence-corrected chi connectivity index (χ4v) is 9.42. The number of benzene rings is 4. The molecule has 0 amide bonds. The summed E-state index contributed by atoms with van der Waals surface area (Å²) in [4.78, 5) is 0. The molecule has 0 atom stereocenters. The van der Waals surface area contributed by atoms with E-state index in [1.165, 1.54) is 33.0 Å². The number of furan rings is 1. The summed E-state index contributed by atoms with van der Waals surface area (Å²) in [7, 11) is 7.04. The zero-order valence-corrected chi connectivity index (χ0v) is 37.7. The van der Waals surface area contributed by atoms with Crippen molar-refractivity contribution in [3.63, 3.8) is 0 Å². The van der Waals surface area contributed by atoms with Crippen LogP contribution in [0.4, 0.5) is 0 Å². The van der Waals surface area contributed by atoms with E-state index < -0.39 is 8.07 Å². The number of pyridine rings is 2. The maximum atomic E-state index is 9.03. The Morgan fingerprint density at radius 3 is 1.91 bits per heavy atom. The normalized spacial score (nSPS) is 11.4. The first kappa shape index (κ1) is 42.0. The van der Waals surface area contributed by atoms with Crippen LogP contribution in [-0.2, 0) is 20.1 Å². The Morgan fingerprint density at radius 2 is 1.30 bits per heavy atom. The largest absolute Gasteiger partial charge is 0.469 e. The Hall–Kier alpha value is -5.18. The molecule has 1 radical (unpaired) electrons. The number of aromatic nitrogens is 2. The SMILES string of the molecule is [CH2-]c1cc(C#N)ccc1-c1cc(C(C)C)c([Si](C)(C)C)c[n+]1[CH2-].[CH2-]c1ccc2c(oc3c(C)cc(-c4ccccc4)cc32)c1-c1cc(C(C)C)c(C)c[n+]1[CH2-].[Ir]. The van der Waals surface area contributed by atoms with Crippen molar-refractivity contribution in [2.45, 2.75) is 73.0 Å². The van der Waals surface area contributed by atoms with Crippen molar-refractivity contribution in [3.8, 4) is 39.7 Å². The van der Waals surface area contributed by atoms with E-state index in [9.17, 15) is 0 Å². The Bertz CT molecular complexity index is 2610. The average molecular weight is 932 g/mol. The summed E-state index contributed by atoms with van der Waals surface area (Å²) in [5.74, 6) is 0.886. The van der Waals surface area contributed by atoms with E-state index in [0.29, 0.717) is 17.4 Å². The van der Waals surface area contributed by atoms with Crippen molar-refractivity contribution in [1.82, 2.24) is 0 Å². The number of nitriles is 1. The van der Waals surface area contributed by atoms with Crippen LogP contribution in [0, 0.1) is 53.1 Å². The van der Waals surface area contributed by atoms with Gasteiger partial charge in [0.25, 0.3) is 0 Å². The molecule has 0 saturated carbocycles. The third kappa shape index (κ3) is 8.18. The zero-order valence-electron chi connectivity index (χ0n) is 34.3. The molecule has 0 spiro atoms. The number of nitrogens with zero attached hydrogens (tertiary/aromatic N) is 3. The predicted molar refractivity (Wildman–Crippen MR) is 233 cm³/mol. The molecular weight excluding hydrogens is 879 g/mol. The fourth-order valence-electron chi connectivity index (χ4n) is 7.65. The van der Waals surface area contributed by atoms with Gasteiger partial charge in [0.1, 0.15) is 5.58 Å². The molecule has 4 aromatic carbocycles. The van der Waals surface area contributed by atoms with Crippen LogP contribution in [0.15, 0.2) is 102 Å². The Morgan fingerprint density at radius 1 is 0.661 bits per heavy atom. The van der Waals surface area contributed by atoms with Crippen molar-refractivity contribution in [1.29, 1.82) is 5.26 Å². The summed E-state index contributed by atoms with van der Waals surface area (Å²) >= 11 is 0. The van der Waals surface area contributed by atoms with Gasteiger partial charge in [0.05, 0.1) is 43.5 Å². The van der Waals surface area contributed by atoms with Crippen molar-refractivity contribution in [2.24, 2.45) is 0 Å². The molecule has 6 heteroatoms. The van der Waals surface area contributed by atoms with Gasteiger partial charge in [-0.2, -0.15) is 36.3 Å². The minimum Gasteiger partial charge on any atom is -0.469 e. The molecule has 4 nitrogen and oxygen atoms in total. The molecule has 0 N–H and O–H groups in total.